The zero-order valence-electron chi connectivity index (χ0n) is 19.3. The minimum absolute atomic E-state index is 0.272. The minimum atomic E-state index is -1.04. The molecule has 3 aromatic rings. The van der Waals surface area contributed by atoms with Gasteiger partial charge in [-0.1, -0.05) is 30.7 Å². The molecule has 1 aromatic carbocycles. The largest absolute Gasteiger partial charge is 0.467 e. The summed E-state index contributed by atoms with van der Waals surface area (Å²) in [7, 11) is 0. The molecule has 33 heavy (non-hydrogen) atoms. The van der Waals surface area contributed by atoms with Crippen molar-refractivity contribution >= 4 is 34.7 Å². The highest BCUT2D eigenvalue weighted by Crippen LogP contribution is 2.29. The first kappa shape index (κ1) is 24.3. The van der Waals surface area contributed by atoms with E-state index in [0.29, 0.717) is 22.7 Å². The third-order valence-electron chi connectivity index (χ3n) is 5.39. The summed E-state index contributed by atoms with van der Waals surface area (Å²) in [6.07, 6.45) is 2.18. The zero-order chi connectivity index (χ0) is 24.0. The lowest BCUT2D eigenvalue weighted by Gasteiger charge is -2.33. The van der Waals surface area contributed by atoms with Gasteiger partial charge in [-0.05, 0) is 62.9 Å². The van der Waals surface area contributed by atoms with E-state index in [1.165, 1.54) is 22.5 Å². The highest BCUT2D eigenvalue weighted by atomic mass is 32.1. The third-order valence-corrected chi connectivity index (χ3v) is 6.26. The number of nitrogens with zero attached hydrogens (tertiary/aromatic N) is 1. The number of amides is 3. The van der Waals surface area contributed by atoms with Crippen LogP contribution in [0, 0.1) is 6.92 Å². The molecule has 1 unspecified atom stereocenters. The molecule has 7 nitrogen and oxygen atoms in total. The van der Waals surface area contributed by atoms with Crippen LogP contribution in [-0.2, 0) is 9.59 Å². The van der Waals surface area contributed by atoms with Gasteiger partial charge in [0.05, 0.1) is 17.7 Å². The molecule has 174 valence electrons. The number of furan rings is 1. The smallest absolute Gasteiger partial charge is 0.261 e. The molecule has 3 rings (SSSR count). The number of benzene rings is 1. The Morgan fingerprint density at radius 3 is 2.39 bits per heavy atom. The van der Waals surface area contributed by atoms with Crippen LogP contribution in [0.1, 0.15) is 54.2 Å². The van der Waals surface area contributed by atoms with Gasteiger partial charge < -0.3 is 15.1 Å². The Bertz CT molecular complexity index is 1070. The molecule has 0 radical (unpaired) electrons. The summed E-state index contributed by atoms with van der Waals surface area (Å²) in [4.78, 5) is 41.2. The second kappa shape index (κ2) is 10.5. The first-order valence-corrected chi connectivity index (χ1v) is 11.7. The normalized spacial score (nSPS) is 12.1. The SMILES string of the molecule is CCC(C)(C)NC(=O)C(c1ccco1)N(C(=O)CNC(=O)c1cccs1)c1ccc(C)cc1. The number of nitrogens with one attached hydrogen (secondary N) is 2. The number of thiophene rings is 1. The second-order valence-corrected chi connectivity index (χ2v) is 9.35. The molecule has 0 aliphatic heterocycles. The van der Waals surface area contributed by atoms with Crippen molar-refractivity contribution < 1.29 is 18.8 Å². The van der Waals surface area contributed by atoms with Crippen molar-refractivity contribution in [2.45, 2.75) is 45.7 Å². The van der Waals surface area contributed by atoms with E-state index in [1.54, 1.807) is 41.8 Å². The molecule has 0 spiro atoms. The molecule has 2 N–H and O–H groups in total. The van der Waals surface area contributed by atoms with Gasteiger partial charge >= 0.3 is 0 Å². The Hall–Kier alpha value is -3.39. The van der Waals surface area contributed by atoms with Crippen molar-refractivity contribution in [2.75, 3.05) is 11.4 Å². The predicted molar refractivity (Wildman–Crippen MR) is 129 cm³/mol. The number of carbonyl (C=O) groups excluding carboxylic acids is 3. The molecule has 0 fully saturated rings. The van der Waals surface area contributed by atoms with Crippen molar-refractivity contribution in [3.63, 3.8) is 0 Å². The average Bonchev–Trinajstić information content (AvgIpc) is 3.50. The Morgan fingerprint density at radius 1 is 1.09 bits per heavy atom. The maximum Gasteiger partial charge on any atom is 0.261 e. The van der Waals surface area contributed by atoms with Crippen LogP contribution in [0.3, 0.4) is 0 Å². The van der Waals surface area contributed by atoms with Crippen LogP contribution >= 0.6 is 11.3 Å². The molecule has 0 aliphatic rings. The van der Waals surface area contributed by atoms with Crippen LogP contribution in [0.4, 0.5) is 5.69 Å². The average molecular weight is 468 g/mol. The van der Waals surface area contributed by atoms with Crippen LogP contribution < -0.4 is 15.5 Å². The molecule has 2 heterocycles. The quantitative estimate of drug-likeness (QED) is 0.486. The van der Waals surface area contributed by atoms with Crippen molar-refractivity contribution in [1.29, 1.82) is 0 Å². The standard InChI is InChI=1S/C25H29N3O4S/c1-5-25(3,4)27-24(31)22(19-8-6-14-32-19)28(18-12-10-17(2)11-13-18)21(29)16-26-23(30)20-9-7-15-33-20/h6-15,22H,5,16H2,1-4H3,(H,26,30)(H,27,31). The van der Waals surface area contributed by atoms with Crippen molar-refractivity contribution in [1.82, 2.24) is 10.6 Å². The van der Waals surface area contributed by atoms with Gasteiger partial charge in [0.1, 0.15) is 5.76 Å². The highest BCUT2D eigenvalue weighted by molar-refractivity contribution is 7.12. The van der Waals surface area contributed by atoms with Crippen LogP contribution in [0.25, 0.3) is 0 Å². The summed E-state index contributed by atoms with van der Waals surface area (Å²) in [6.45, 7) is 7.49. The Kier molecular flexibility index (Phi) is 7.71. The van der Waals surface area contributed by atoms with E-state index in [0.717, 1.165) is 5.56 Å². The molecule has 2 aromatic heterocycles. The lowest BCUT2D eigenvalue weighted by atomic mass is 10.0. The van der Waals surface area contributed by atoms with E-state index < -0.39 is 17.5 Å². The van der Waals surface area contributed by atoms with Gasteiger partial charge in [-0.15, -0.1) is 11.3 Å². The van der Waals surface area contributed by atoms with E-state index in [-0.39, 0.29) is 18.4 Å². The molecular formula is C25H29N3O4S. The van der Waals surface area contributed by atoms with Crippen molar-refractivity contribution in [3.8, 4) is 0 Å². The number of anilines is 1. The first-order valence-electron chi connectivity index (χ1n) is 10.8. The van der Waals surface area contributed by atoms with Crippen LogP contribution in [-0.4, -0.2) is 29.8 Å². The predicted octanol–water partition coefficient (Wildman–Crippen LogP) is 4.46. The topological polar surface area (TPSA) is 91.7 Å². The van der Waals surface area contributed by atoms with Gasteiger partial charge in [0.2, 0.25) is 5.91 Å². The maximum atomic E-state index is 13.5. The fourth-order valence-electron chi connectivity index (χ4n) is 3.19. The summed E-state index contributed by atoms with van der Waals surface area (Å²) >= 11 is 1.29. The lowest BCUT2D eigenvalue weighted by molar-refractivity contribution is -0.128. The molecule has 0 saturated carbocycles. The summed E-state index contributed by atoms with van der Waals surface area (Å²) in [6, 6.07) is 13.1. The molecule has 0 bridgehead atoms. The van der Waals surface area contributed by atoms with Crippen LogP contribution in [0.5, 0.6) is 0 Å². The minimum Gasteiger partial charge on any atom is -0.467 e. The van der Waals surface area contributed by atoms with Gasteiger partial charge in [-0.2, -0.15) is 0 Å². The Balaban J connectivity index is 1.96. The van der Waals surface area contributed by atoms with E-state index in [9.17, 15) is 14.4 Å². The van der Waals surface area contributed by atoms with Gasteiger partial charge in [-0.3, -0.25) is 19.3 Å². The molecule has 8 heteroatoms. The summed E-state index contributed by atoms with van der Waals surface area (Å²) < 4.78 is 5.59. The van der Waals surface area contributed by atoms with Gasteiger partial charge in [-0.25, -0.2) is 0 Å². The summed E-state index contributed by atoms with van der Waals surface area (Å²) in [5.74, 6) is -0.809. The summed E-state index contributed by atoms with van der Waals surface area (Å²) in [5.41, 5.74) is 1.07. The van der Waals surface area contributed by atoms with E-state index in [1.807, 2.05) is 39.8 Å². The fraction of sp³-hybridized carbons (Fsp3) is 0.320. The number of hydrogen-bond donors (Lipinski definition) is 2. The first-order chi connectivity index (χ1) is 15.7. The van der Waals surface area contributed by atoms with Crippen molar-refractivity contribution in [3.05, 3.63) is 76.4 Å². The molecule has 0 saturated heterocycles. The molecule has 3 amide bonds. The third kappa shape index (κ3) is 6.10. The maximum absolute atomic E-state index is 13.5. The molecule has 1 atom stereocenters. The number of hydrogen-bond acceptors (Lipinski definition) is 5. The van der Waals surface area contributed by atoms with Gasteiger partial charge in [0.15, 0.2) is 6.04 Å². The monoisotopic (exact) mass is 467 g/mol. The molecular weight excluding hydrogens is 438 g/mol. The van der Waals surface area contributed by atoms with Crippen molar-refractivity contribution in [2.24, 2.45) is 0 Å². The van der Waals surface area contributed by atoms with E-state index in [2.05, 4.69) is 10.6 Å². The van der Waals surface area contributed by atoms with E-state index >= 15 is 0 Å². The number of rotatable bonds is 9. The summed E-state index contributed by atoms with van der Waals surface area (Å²) in [5, 5.41) is 7.48. The zero-order valence-corrected chi connectivity index (χ0v) is 20.1. The number of aryl methyl sites for hydroxylation is 1. The van der Waals surface area contributed by atoms with Gasteiger partial charge in [0.25, 0.3) is 11.8 Å². The number of carbonyl (C=O) groups is 3. The molecule has 0 aliphatic carbocycles. The van der Waals surface area contributed by atoms with Crippen LogP contribution in [0.2, 0.25) is 0 Å². The Morgan fingerprint density at radius 2 is 1.82 bits per heavy atom. The van der Waals surface area contributed by atoms with Gasteiger partial charge in [0, 0.05) is 11.2 Å². The van der Waals surface area contributed by atoms with Crippen LogP contribution in [0.15, 0.2) is 64.6 Å². The second-order valence-electron chi connectivity index (χ2n) is 8.40. The highest BCUT2D eigenvalue weighted by Gasteiger charge is 2.36. The van der Waals surface area contributed by atoms with E-state index in [4.69, 9.17) is 4.42 Å². The Labute approximate surface area is 197 Å². The lowest BCUT2D eigenvalue weighted by Crippen LogP contribution is -2.52. The fourth-order valence-corrected chi connectivity index (χ4v) is 3.83.